The number of hydrogen-bond donors (Lipinski definition) is 1. The molecule has 3 rings (SSSR count). The predicted octanol–water partition coefficient (Wildman–Crippen LogP) is 2.29. The van der Waals surface area contributed by atoms with Crippen molar-refractivity contribution in [3.05, 3.63) is 60.0 Å². The Balaban J connectivity index is 1.85. The Bertz CT molecular complexity index is 698. The standard InChI is InChI=1S/C14H12N4O/c1-10-5-6-13(15-9-10)16-14(19)12-8-11-4-2-3-7-18(11)17-12/h2-9H,1H3,(H,15,16,19). The maximum Gasteiger partial charge on any atom is 0.277 e. The lowest BCUT2D eigenvalue weighted by Crippen LogP contribution is -2.13. The van der Waals surface area contributed by atoms with E-state index in [1.165, 1.54) is 0 Å². The molecule has 1 amide bonds. The highest BCUT2D eigenvalue weighted by atomic mass is 16.2. The molecule has 0 bridgehead atoms. The van der Waals surface area contributed by atoms with Gasteiger partial charge < -0.3 is 5.32 Å². The van der Waals surface area contributed by atoms with E-state index in [2.05, 4.69) is 15.4 Å². The van der Waals surface area contributed by atoms with E-state index in [1.54, 1.807) is 29.0 Å². The van der Waals surface area contributed by atoms with E-state index < -0.39 is 0 Å². The quantitative estimate of drug-likeness (QED) is 0.761. The van der Waals surface area contributed by atoms with Crippen LogP contribution in [0.4, 0.5) is 5.82 Å². The maximum absolute atomic E-state index is 12.0. The molecule has 0 aliphatic rings. The van der Waals surface area contributed by atoms with Crippen LogP contribution in [0.1, 0.15) is 16.1 Å². The molecule has 0 atom stereocenters. The first kappa shape index (κ1) is 11.4. The molecule has 0 aliphatic carbocycles. The zero-order chi connectivity index (χ0) is 13.2. The van der Waals surface area contributed by atoms with Crippen LogP contribution >= 0.6 is 0 Å². The highest BCUT2D eigenvalue weighted by Crippen LogP contribution is 2.09. The first-order chi connectivity index (χ1) is 9.22. The van der Waals surface area contributed by atoms with Crippen molar-refractivity contribution in [2.45, 2.75) is 6.92 Å². The molecule has 0 radical (unpaired) electrons. The fourth-order valence-electron chi connectivity index (χ4n) is 1.77. The molecule has 5 nitrogen and oxygen atoms in total. The summed E-state index contributed by atoms with van der Waals surface area (Å²) >= 11 is 0. The predicted molar refractivity (Wildman–Crippen MR) is 72.1 cm³/mol. The van der Waals surface area contributed by atoms with Crippen molar-refractivity contribution in [1.29, 1.82) is 0 Å². The molecule has 1 N–H and O–H groups in total. The molecular formula is C14H12N4O. The van der Waals surface area contributed by atoms with Gasteiger partial charge in [-0.05, 0) is 36.8 Å². The highest BCUT2D eigenvalue weighted by Gasteiger charge is 2.11. The van der Waals surface area contributed by atoms with Crippen LogP contribution in [-0.2, 0) is 0 Å². The van der Waals surface area contributed by atoms with E-state index in [1.807, 2.05) is 31.2 Å². The van der Waals surface area contributed by atoms with Gasteiger partial charge in [-0.3, -0.25) is 4.79 Å². The summed E-state index contributed by atoms with van der Waals surface area (Å²) in [6.45, 7) is 1.95. The van der Waals surface area contributed by atoms with Crippen molar-refractivity contribution in [3.63, 3.8) is 0 Å². The van der Waals surface area contributed by atoms with Gasteiger partial charge in [0.25, 0.3) is 5.91 Å². The zero-order valence-electron chi connectivity index (χ0n) is 10.4. The third kappa shape index (κ3) is 2.30. The molecule has 0 fully saturated rings. The highest BCUT2D eigenvalue weighted by molar-refractivity contribution is 6.03. The smallest absolute Gasteiger partial charge is 0.277 e. The Hall–Kier alpha value is -2.69. The number of rotatable bonds is 2. The monoisotopic (exact) mass is 252 g/mol. The number of aryl methyl sites for hydroxylation is 1. The van der Waals surface area contributed by atoms with Gasteiger partial charge in [0.2, 0.25) is 0 Å². The zero-order valence-corrected chi connectivity index (χ0v) is 10.4. The minimum atomic E-state index is -0.264. The summed E-state index contributed by atoms with van der Waals surface area (Å²) in [7, 11) is 0. The van der Waals surface area contributed by atoms with Gasteiger partial charge in [-0.2, -0.15) is 5.10 Å². The number of nitrogens with zero attached hydrogens (tertiary/aromatic N) is 3. The fourth-order valence-corrected chi connectivity index (χ4v) is 1.77. The van der Waals surface area contributed by atoms with Crippen LogP contribution in [0.2, 0.25) is 0 Å². The lowest BCUT2D eigenvalue weighted by atomic mass is 10.3. The third-order valence-corrected chi connectivity index (χ3v) is 2.76. The maximum atomic E-state index is 12.0. The Morgan fingerprint density at radius 1 is 1.26 bits per heavy atom. The van der Waals surface area contributed by atoms with E-state index in [-0.39, 0.29) is 5.91 Å². The molecule has 0 aromatic carbocycles. The number of carbonyl (C=O) groups excluding carboxylic acids is 1. The Morgan fingerprint density at radius 3 is 2.89 bits per heavy atom. The molecule has 5 heteroatoms. The molecule has 0 spiro atoms. The summed E-state index contributed by atoms with van der Waals surface area (Å²) in [5, 5.41) is 6.92. The summed E-state index contributed by atoms with van der Waals surface area (Å²) in [4.78, 5) is 16.2. The molecule has 19 heavy (non-hydrogen) atoms. The van der Waals surface area contributed by atoms with Gasteiger partial charge in [-0.1, -0.05) is 12.1 Å². The average Bonchev–Trinajstić information content (AvgIpc) is 2.85. The number of fused-ring (bicyclic) bond motifs is 1. The van der Waals surface area contributed by atoms with Crippen molar-refractivity contribution < 1.29 is 4.79 Å². The van der Waals surface area contributed by atoms with Crippen LogP contribution in [0.25, 0.3) is 5.52 Å². The number of aromatic nitrogens is 3. The van der Waals surface area contributed by atoms with Crippen LogP contribution in [0.3, 0.4) is 0 Å². The Labute approximate surface area is 109 Å². The number of amides is 1. The lowest BCUT2D eigenvalue weighted by Gasteiger charge is -2.01. The van der Waals surface area contributed by atoms with Crippen LogP contribution < -0.4 is 5.32 Å². The Morgan fingerprint density at radius 2 is 2.16 bits per heavy atom. The number of carbonyl (C=O) groups is 1. The first-order valence-corrected chi connectivity index (χ1v) is 5.91. The van der Waals surface area contributed by atoms with Gasteiger partial charge in [-0.25, -0.2) is 9.50 Å². The van der Waals surface area contributed by atoms with Gasteiger partial charge in [0, 0.05) is 12.4 Å². The van der Waals surface area contributed by atoms with Gasteiger partial charge in [0.1, 0.15) is 5.82 Å². The van der Waals surface area contributed by atoms with Crippen molar-refractivity contribution in [1.82, 2.24) is 14.6 Å². The third-order valence-electron chi connectivity index (χ3n) is 2.76. The second-order valence-corrected chi connectivity index (χ2v) is 4.27. The summed E-state index contributed by atoms with van der Waals surface area (Å²) < 4.78 is 1.66. The van der Waals surface area contributed by atoms with Crippen molar-refractivity contribution >= 4 is 17.2 Å². The molecule has 0 unspecified atom stereocenters. The fraction of sp³-hybridized carbons (Fsp3) is 0.0714. The molecule has 94 valence electrons. The second-order valence-electron chi connectivity index (χ2n) is 4.27. The van der Waals surface area contributed by atoms with E-state index in [0.29, 0.717) is 11.5 Å². The largest absolute Gasteiger partial charge is 0.305 e. The van der Waals surface area contributed by atoms with E-state index >= 15 is 0 Å². The summed E-state index contributed by atoms with van der Waals surface area (Å²) in [5.41, 5.74) is 2.30. The van der Waals surface area contributed by atoms with Crippen molar-refractivity contribution in [2.24, 2.45) is 0 Å². The SMILES string of the molecule is Cc1ccc(NC(=O)c2cc3ccccn3n2)nc1. The molecule has 3 aromatic rings. The molecule has 0 saturated carbocycles. The first-order valence-electron chi connectivity index (χ1n) is 5.91. The van der Waals surface area contributed by atoms with E-state index in [4.69, 9.17) is 0 Å². The molecule has 3 heterocycles. The lowest BCUT2D eigenvalue weighted by molar-refractivity contribution is 0.102. The molecular weight excluding hydrogens is 240 g/mol. The number of nitrogens with one attached hydrogen (secondary N) is 1. The van der Waals surface area contributed by atoms with Gasteiger partial charge >= 0.3 is 0 Å². The van der Waals surface area contributed by atoms with Crippen molar-refractivity contribution in [2.75, 3.05) is 5.32 Å². The Kier molecular flexibility index (Phi) is 2.72. The van der Waals surface area contributed by atoms with Crippen LogP contribution in [0.15, 0.2) is 48.8 Å². The number of anilines is 1. The van der Waals surface area contributed by atoms with E-state index in [0.717, 1.165) is 11.1 Å². The topological polar surface area (TPSA) is 59.3 Å². The number of pyridine rings is 2. The molecule has 0 aliphatic heterocycles. The van der Waals surface area contributed by atoms with Gasteiger partial charge in [-0.15, -0.1) is 0 Å². The van der Waals surface area contributed by atoms with Crippen LogP contribution in [-0.4, -0.2) is 20.5 Å². The average molecular weight is 252 g/mol. The van der Waals surface area contributed by atoms with Gasteiger partial charge in [0.15, 0.2) is 5.69 Å². The minimum Gasteiger partial charge on any atom is -0.305 e. The minimum absolute atomic E-state index is 0.264. The van der Waals surface area contributed by atoms with Crippen molar-refractivity contribution in [3.8, 4) is 0 Å². The number of hydrogen-bond acceptors (Lipinski definition) is 3. The van der Waals surface area contributed by atoms with Crippen LogP contribution in [0.5, 0.6) is 0 Å². The van der Waals surface area contributed by atoms with Gasteiger partial charge in [0.05, 0.1) is 5.52 Å². The molecule has 0 saturated heterocycles. The van der Waals surface area contributed by atoms with Crippen LogP contribution in [0, 0.1) is 6.92 Å². The summed E-state index contributed by atoms with van der Waals surface area (Å²) in [6.07, 6.45) is 3.51. The summed E-state index contributed by atoms with van der Waals surface area (Å²) in [5.74, 6) is 0.257. The normalized spacial score (nSPS) is 10.6. The molecule has 3 aromatic heterocycles. The van der Waals surface area contributed by atoms with E-state index in [9.17, 15) is 4.79 Å². The summed E-state index contributed by atoms with van der Waals surface area (Å²) in [6, 6.07) is 11.1. The second kappa shape index (κ2) is 4.53.